The van der Waals surface area contributed by atoms with Crippen LogP contribution in [-0.2, 0) is 0 Å². The molecule has 0 amide bonds. The highest BCUT2D eigenvalue weighted by molar-refractivity contribution is 4.68. The summed E-state index contributed by atoms with van der Waals surface area (Å²) < 4.78 is 0. The Labute approximate surface area is 53.3 Å². The maximum Gasteiger partial charge on any atom is -0.0414 e. The molecule has 0 heteroatoms. The fourth-order valence-electron chi connectivity index (χ4n) is 0.604. The largest absolute Gasteiger partial charge is 0.0623 e. The molecule has 0 saturated carbocycles. The number of hydrogen-bond acceptors (Lipinski definition) is 0. The molecule has 0 heterocycles. The molecule has 2 radical (unpaired) electrons. The monoisotopic (exact) mass is 112 g/mol. The third kappa shape index (κ3) is 3.06. The van der Waals surface area contributed by atoms with Crippen LogP contribution < -0.4 is 0 Å². The quantitative estimate of drug-likeness (QED) is 0.526. The van der Waals surface area contributed by atoms with E-state index in [1.807, 2.05) is 0 Å². The SMILES string of the molecule is [CH2]C(C)C(C)C[CH]C. The predicted octanol–water partition coefficient (Wildman–Crippen LogP) is 2.71. The molecule has 8 heavy (non-hydrogen) atoms. The van der Waals surface area contributed by atoms with E-state index < -0.39 is 0 Å². The summed E-state index contributed by atoms with van der Waals surface area (Å²) in [6.07, 6.45) is 3.40. The molecule has 0 aliphatic rings. The topological polar surface area (TPSA) is 0 Å². The standard InChI is InChI=1S/C8H16/c1-5-6-8(4)7(2)3/h5,7-8H,2,6H2,1,3-4H3. The van der Waals surface area contributed by atoms with Crippen molar-refractivity contribution in [2.24, 2.45) is 11.8 Å². The fraction of sp³-hybridized carbons (Fsp3) is 0.750. The minimum atomic E-state index is 0.589. The second-order valence-electron chi connectivity index (χ2n) is 2.60. The Bertz CT molecular complexity index is 46.0. The van der Waals surface area contributed by atoms with Gasteiger partial charge in [0, 0.05) is 0 Å². The van der Waals surface area contributed by atoms with Crippen LogP contribution >= 0.6 is 0 Å². The van der Waals surface area contributed by atoms with Crippen molar-refractivity contribution in [3.8, 4) is 0 Å². The molecule has 0 saturated heterocycles. The molecular weight excluding hydrogens is 96.1 g/mol. The van der Waals surface area contributed by atoms with Crippen LogP contribution in [0.15, 0.2) is 0 Å². The van der Waals surface area contributed by atoms with Gasteiger partial charge in [-0.3, -0.25) is 0 Å². The van der Waals surface area contributed by atoms with Crippen LogP contribution in [0.2, 0.25) is 0 Å². The van der Waals surface area contributed by atoms with Crippen molar-refractivity contribution in [1.29, 1.82) is 0 Å². The Balaban J connectivity index is 3.17. The molecular formula is C8H16. The van der Waals surface area contributed by atoms with Crippen molar-refractivity contribution in [2.75, 3.05) is 0 Å². The lowest BCUT2D eigenvalue weighted by Crippen LogP contribution is -2.02. The lowest BCUT2D eigenvalue weighted by atomic mass is 9.94. The minimum Gasteiger partial charge on any atom is -0.0623 e. The van der Waals surface area contributed by atoms with Gasteiger partial charge in [-0.05, 0) is 24.7 Å². The summed E-state index contributed by atoms with van der Waals surface area (Å²) in [4.78, 5) is 0. The molecule has 0 bridgehead atoms. The Kier molecular flexibility index (Phi) is 3.94. The van der Waals surface area contributed by atoms with E-state index >= 15 is 0 Å². The Hall–Kier alpha value is 0. The van der Waals surface area contributed by atoms with Crippen LogP contribution in [0.3, 0.4) is 0 Å². The van der Waals surface area contributed by atoms with Crippen molar-refractivity contribution < 1.29 is 0 Å². The van der Waals surface area contributed by atoms with Crippen molar-refractivity contribution in [2.45, 2.75) is 27.2 Å². The summed E-state index contributed by atoms with van der Waals surface area (Å²) in [6.45, 7) is 10.4. The minimum absolute atomic E-state index is 0.589. The summed E-state index contributed by atoms with van der Waals surface area (Å²) in [7, 11) is 0. The molecule has 48 valence electrons. The second kappa shape index (κ2) is 3.94. The van der Waals surface area contributed by atoms with Gasteiger partial charge in [-0.15, -0.1) is 0 Å². The zero-order valence-electron chi connectivity index (χ0n) is 6.15. The molecule has 0 spiro atoms. The lowest BCUT2D eigenvalue weighted by molar-refractivity contribution is 0.451. The van der Waals surface area contributed by atoms with Crippen LogP contribution in [0.4, 0.5) is 0 Å². The molecule has 0 aromatic rings. The van der Waals surface area contributed by atoms with Crippen molar-refractivity contribution in [3.63, 3.8) is 0 Å². The first-order chi connectivity index (χ1) is 3.68. The number of rotatable bonds is 3. The molecule has 0 rings (SSSR count). The number of hydrogen-bond donors (Lipinski definition) is 0. The Morgan fingerprint density at radius 2 is 2.00 bits per heavy atom. The molecule has 0 fully saturated rings. The zero-order chi connectivity index (χ0) is 6.57. The summed E-state index contributed by atoms with van der Waals surface area (Å²) in [6, 6.07) is 0. The van der Waals surface area contributed by atoms with E-state index in [9.17, 15) is 0 Å². The molecule has 0 nitrogen and oxygen atoms in total. The van der Waals surface area contributed by atoms with Crippen LogP contribution in [-0.4, -0.2) is 0 Å². The van der Waals surface area contributed by atoms with E-state index in [-0.39, 0.29) is 0 Å². The van der Waals surface area contributed by atoms with Crippen LogP contribution in [0.1, 0.15) is 27.2 Å². The van der Waals surface area contributed by atoms with Crippen molar-refractivity contribution in [1.82, 2.24) is 0 Å². The summed E-state index contributed by atoms with van der Waals surface area (Å²) in [5, 5.41) is 0. The van der Waals surface area contributed by atoms with Crippen molar-refractivity contribution in [3.05, 3.63) is 13.3 Å². The lowest BCUT2D eigenvalue weighted by Gasteiger charge is -2.12. The first-order valence-electron chi connectivity index (χ1n) is 3.29. The van der Waals surface area contributed by atoms with Gasteiger partial charge in [-0.25, -0.2) is 0 Å². The maximum atomic E-state index is 3.94. The summed E-state index contributed by atoms with van der Waals surface area (Å²) in [5.41, 5.74) is 0. The van der Waals surface area contributed by atoms with E-state index in [4.69, 9.17) is 0 Å². The second-order valence-corrected chi connectivity index (χ2v) is 2.60. The molecule has 0 aliphatic heterocycles. The first kappa shape index (κ1) is 8.00. The molecule has 0 aromatic heterocycles. The highest BCUT2D eigenvalue weighted by Gasteiger charge is 2.03. The van der Waals surface area contributed by atoms with Gasteiger partial charge < -0.3 is 0 Å². The molecule has 0 aromatic carbocycles. The van der Waals surface area contributed by atoms with Crippen molar-refractivity contribution >= 4 is 0 Å². The van der Waals surface area contributed by atoms with E-state index in [2.05, 4.69) is 34.1 Å². The van der Waals surface area contributed by atoms with Gasteiger partial charge in [0.15, 0.2) is 0 Å². The summed E-state index contributed by atoms with van der Waals surface area (Å²) in [5.74, 6) is 1.34. The third-order valence-electron chi connectivity index (χ3n) is 1.58. The van der Waals surface area contributed by atoms with Crippen LogP contribution in [0, 0.1) is 25.2 Å². The third-order valence-corrected chi connectivity index (χ3v) is 1.58. The van der Waals surface area contributed by atoms with Crippen LogP contribution in [0.5, 0.6) is 0 Å². The van der Waals surface area contributed by atoms with Crippen LogP contribution in [0.25, 0.3) is 0 Å². The highest BCUT2D eigenvalue weighted by atomic mass is 14.1. The molecule has 2 atom stereocenters. The molecule has 0 N–H and O–H groups in total. The van der Waals surface area contributed by atoms with Gasteiger partial charge in [0.25, 0.3) is 0 Å². The van der Waals surface area contributed by atoms with Gasteiger partial charge in [0.1, 0.15) is 0 Å². The smallest absolute Gasteiger partial charge is 0.0414 e. The van der Waals surface area contributed by atoms with Gasteiger partial charge in [-0.2, -0.15) is 0 Å². The fourth-order valence-corrected chi connectivity index (χ4v) is 0.604. The van der Waals surface area contributed by atoms with E-state index in [0.717, 1.165) is 5.92 Å². The zero-order valence-corrected chi connectivity index (χ0v) is 6.15. The molecule has 2 unspecified atom stereocenters. The Morgan fingerprint density at radius 3 is 2.12 bits per heavy atom. The van der Waals surface area contributed by atoms with Gasteiger partial charge in [-0.1, -0.05) is 27.7 Å². The molecule has 0 aliphatic carbocycles. The van der Waals surface area contributed by atoms with Gasteiger partial charge >= 0.3 is 0 Å². The highest BCUT2D eigenvalue weighted by Crippen LogP contribution is 2.13. The maximum absolute atomic E-state index is 3.94. The van der Waals surface area contributed by atoms with E-state index in [1.54, 1.807) is 0 Å². The van der Waals surface area contributed by atoms with Gasteiger partial charge in [0.2, 0.25) is 0 Å². The van der Waals surface area contributed by atoms with E-state index in [1.165, 1.54) is 6.42 Å². The first-order valence-corrected chi connectivity index (χ1v) is 3.29. The summed E-state index contributed by atoms with van der Waals surface area (Å²) >= 11 is 0. The average Bonchev–Trinajstić information content (AvgIpc) is 1.67. The average molecular weight is 112 g/mol. The predicted molar refractivity (Wildman–Crippen MR) is 38.3 cm³/mol. The Morgan fingerprint density at radius 1 is 1.50 bits per heavy atom. The van der Waals surface area contributed by atoms with Gasteiger partial charge in [0.05, 0.1) is 0 Å². The normalized spacial score (nSPS) is 14.6. The van der Waals surface area contributed by atoms with E-state index in [0.29, 0.717) is 5.92 Å².